The number of hydrogen-bond acceptors (Lipinski definition) is 5. The first-order valence-electron chi connectivity index (χ1n) is 12.4. The van der Waals surface area contributed by atoms with Gasteiger partial charge in [-0.1, -0.05) is 30.3 Å². The molecule has 0 fully saturated rings. The Hall–Kier alpha value is -3.73. The predicted molar refractivity (Wildman–Crippen MR) is 150 cm³/mol. The number of nitrogens with zero attached hydrogens (tertiary/aromatic N) is 3. The number of carbonyl (C=O) groups is 1. The van der Waals surface area contributed by atoms with Crippen LogP contribution in [0.5, 0.6) is 0 Å². The van der Waals surface area contributed by atoms with Gasteiger partial charge in [0.2, 0.25) is 0 Å². The Balaban J connectivity index is 1.39. The molecule has 10 heteroatoms. The highest BCUT2D eigenvalue weighted by atomic mass is 32.2. The Morgan fingerprint density at radius 2 is 1.87 bits per heavy atom. The van der Waals surface area contributed by atoms with E-state index < -0.39 is 10.1 Å². The van der Waals surface area contributed by atoms with Crippen molar-refractivity contribution in [3.05, 3.63) is 114 Å². The van der Waals surface area contributed by atoms with Crippen LogP contribution in [0.2, 0.25) is 0 Å². The van der Waals surface area contributed by atoms with E-state index in [-0.39, 0.29) is 29.1 Å². The maximum absolute atomic E-state index is 13.9. The minimum absolute atomic E-state index is 0.0512. The fraction of sp³-hybridized carbons (Fsp3) is 0.172. The molecule has 0 unspecified atom stereocenters. The average molecular weight is 562 g/mol. The predicted octanol–water partition coefficient (Wildman–Crippen LogP) is 5.95. The van der Waals surface area contributed by atoms with Crippen LogP contribution in [0, 0.1) is 5.82 Å². The van der Waals surface area contributed by atoms with Crippen molar-refractivity contribution in [3.63, 3.8) is 0 Å². The van der Waals surface area contributed by atoms with Gasteiger partial charge >= 0.3 is 0 Å². The summed E-state index contributed by atoms with van der Waals surface area (Å²) < 4.78 is 49.3. The minimum Gasteiger partial charge on any atom is -0.347 e. The van der Waals surface area contributed by atoms with Gasteiger partial charge in [-0.25, -0.2) is 4.39 Å². The summed E-state index contributed by atoms with van der Waals surface area (Å²) >= 11 is 1.74. The number of benzene rings is 2. The molecule has 1 atom stereocenters. The Morgan fingerprint density at radius 3 is 2.62 bits per heavy atom. The summed E-state index contributed by atoms with van der Waals surface area (Å²) in [6.07, 6.45) is 7.46. The second kappa shape index (κ2) is 10.1. The van der Waals surface area contributed by atoms with Gasteiger partial charge in [-0.2, -0.15) is 8.42 Å². The topological polar surface area (TPSA) is 94.2 Å². The summed E-state index contributed by atoms with van der Waals surface area (Å²) in [4.78, 5) is 18.2. The molecule has 4 heterocycles. The largest absolute Gasteiger partial charge is 0.347 e. The van der Waals surface area contributed by atoms with Crippen LogP contribution >= 0.6 is 11.8 Å². The Labute approximate surface area is 229 Å². The molecule has 7 nitrogen and oxygen atoms in total. The lowest BCUT2D eigenvalue weighted by Crippen LogP contribution is -2.08. The van der Waals surface area contributed by atoms with Gasteiger partial charge in [-0.3, -0.25) is 14.3 Å². The lowest BCUT2D eigenvalue weighted by molar-refractivity contribution is 0.103. The summed E-state index contributed by atoms with van der Waals surface area (Å²) in [6, 6.07) is 17.6. The number of aryl methyl sites for hydroxylation is 1. The van der Waals surface area contributed by atoms with Gasteiger partial charge in [0, 0.05) is 70.4 Å². The van der Waals surface area contributed by atoms with Gasteiger partial charge in [-0.15, -0.1) is 11.8 Å². The van der Waals surface area contributed by atoms with E-state index in [1.54, 1.807) is 36.3 Å². The standard InChI is InChI=1S/C29H24FN3O4S2/c30-22-7-4-19(5-8-22)20-6-9-23-25(17-32(26(23)15-20)12-2-14-39(35,36)37)28(34)24-10-13-33-27(24)18-38-29(33)21-3-1-11-31-16-21/h1,3-11,13,15-17,29H,2,12,14,18H2,(H,35,36,37)/t29-/m1/s1. The summed E-state index contributed by atoms with van der Waals surface area (Å²) in [6.45, 7) is 0.295. The third-order valence-electron chi connectivity index (χ3n) is 6.97. The van der Waals surface area contributed by atoms with Gasteiger partial charge in [0.1, 0.15) is 11.2 Å². The third kappa shape index (κ3) is 5.03. The van der Waals surface area contributed by atoms with Crippen LogP contribution in [0.4, 0.5) is 4.39 Å². The molecular weight excluding hydrogens is 537 g/mol. The molecule has 5 aromatic rings. The summed E-state index contributed by atoms with van der Waals surface area (Å²) in [7, 11) is -4.11. The third-order valence-corrected chi connectivity index (χ3v) is 9.03. The van der Waals surface area contributed by atoms with Crippen molar-refractivity contribution in [2.24, 2.45) is 0 Å². The van der Waals surface area contributed by atoms with Gasteiger partial charge in [0.15, 0.2) is 5.78 Å². The highest BCUT2D eigenvalue weighted by Gasteiger charge is 2.30. The number of aromatic nitrogens is 3. The van der Waals surface area contributed by atoms with Crippen LogP contribution in [-0.4, -0.2) is 38.6 Å². The van der Waals surface area contributed by atoms with Crippen molar-refractivity contribution in [3.8, 4) is 11.1 Å². The maximum Gasteiger partial charge on any atom is 0.264 e. The number of fused-ring (bicyclic) bond motifs is 2. The molecule has 1 aliphatic heterocycles. The molecule has 0 spiro atoms. The first kappa shape index (κ1) is 25.5. The molecule has 0 saturated heterocycles. The van der Waals surface area contributed by atoms with Crippen LogP contribution < -0.4 is 0 Å². The smallest absolute Gasteiger partial charge is 0.264 e. The van der Waals surface area contributed by atoms with Gasteiger partial charge in [0.05, 0.1) is 5.75 Å². The highest BCUT2D eigenvalue weighted by Crippen LogP contribution is 2.42. The second-order valence-electron chi connectivity index (χ2n) is 9.48. The van der Waals surface area contributed by atoms with E-state index in [1.165, 1.54) is 12.1 Å². The van der Waals surface area contributed by atoms with E-state index in [1.807, 2.05) is 53.4 Å². The average Bonchev–Trinajstić information content (AvgIpc) is 3.62. The molecule has 1 aliphatic rings. The summed E-state index contributed by atoms with van der Waals surface area (Å²) in [5.74, 6) is -0.127. The number of hydrogen-bond donors (Lipinski definition) is 1. The number of carbonyl (C=O) groups excluding carboxylic acids is 1. The Kier molecular flexibility index (Phi) is 6.62. The molecule has 0 amide bonds. The molecule has 1 N–H and O–H groups in total. The molecule has 0 saturated carbocycles. The molecule has 0 aliphatic carbocycles. The molecule has 198 valence electrons. The van der Waals surface area contributed by atoms with Crippen molar-refractivity contribution >= 4 is 38.6 Å². The zero-order valence-corrected chi connectivity index (χ0v) is 22.3. The fourth-order valence-electron chi connectivity index (χ4n) is 5.12. The highest BCUT2D eigenvalue weighted by molar-refractivity contribution is 7.99. The van der Waals surface area contributed by atoms with Crippen molar-refractivity contribution in [2.75, 3.05) is 5.75 Å². The zero-order chi connectivity index (χ0) is 27.1. The Morgan fingerprint density at radius 1 is 1.08 bits per heavy atom. The van der Waals surface area contributed by atoms with Crippen molar-refractivity contribution in [2.45, 2.75) is 24.1 Å². The van der Waals surface area contributed by atoms with Gasteiger partial charge in [0.25, 0.3) is 10.1 Å². The normalized spacial score (nSPS) is 15.1. The first-order chi connectivity index (χ1) is 18.8. The lowest BCUT2D eigenvalue weighted by Gasteiger charge is -2.11. The molecule has 0 bridgehead atoms. The number of thioether (sulfide) groups is 1. The number of rotatable bonds is 8. The number of halogens is 1. The van der Waals surface area contributed by atoms with E-state index in [9.17, 15) is 22.2 Å². The Bertz CT molecular complexity index is 1800. The van der Waals surface area contributed by atoms with Crippen molar-refractivity contribution in [1.82, 2.24) is 14.1 Å². The summed E-state index contributed by atoms with van der Waals surface area (Å²) in [5, 5.41) is 0.794. The van der Waals surface area contributed by atoms with Gasteiger partial charge in [-0.05, 0) is 47.9 Å². The van der Waals surface area contributed by atoms with Crippen molar-refractivity contribution < 1.29 is 22.2 Å². The zero-order valence-electron chi connectivity index (χ0n) is 20.7. The first-order valence-corrected chi connectivity index (χ1v) is 15.0. The molecule has 6 rings (SSSR count). The SMILES string of the molecule is O=C(c1ccn2c1CS[C@@H]2c1cccnc1)c1cn(CCCS(=O)(=O)O)c2cc(-c3ccc(F)cc3)ccc12. The molecular formula is C29H24FN3O4S2. The number of ketones is 1. The van der Waals surface area contributed by atoms with E-state index in [2.05, 4.69) is 9.55 Å². The van der Waals surface area contributed by atoms with E-state index in [0.29, 0.717) is 23.4 Å². The number of pyridine rings is 1. The lowest BCUT2D eigenvalue weighted by atomic mass is 10.00. The fourth-order valence-corrected chi connectivity index (χ4v) is 6.92. The van der Waals surface area contributed by atoms with Crippen LogP contribution in [0.3, 0.4) is 0 Å². The van der Waals surface area contributed by atoms with Crippen LogP contribution in [-0.2, 0) is 22.4 Å². The second-order valence-corrected chi connectivity index (χ2v) is 12.1. The van der Waals surface area contributed by atoms with Crippen LogP contribution in [0.15, 0.2) is 85.5 Å². The molecule has 3 aromatic heterocycles. The van der Waals surface area contributed by atoms with E-state index in [4.69, 9.17) is 0 Å². The van der Waals surface area contributed by atoms with Gasteiger partial charge < -0.3 is 9.13 Å². The van der Waals surface area contributed by atoms with E-state index in [0.717, 1.165) is 33.3 Å². The maximum atomic E-state index is 13.9. The van der Waals surface area contributed by atoms with Crippen molar-refractivity contribution in [1.29, 1.82) is 0 Å². The monoisotopic (exact) mass is 561 g/mol. The minimum atomic E-state index is -4.11. The summed E-state index contributed by atoms with van der Waals surface area (Å²) in [5.41, 5.74) is 5.60. The molecule has 0 radical (unpaired) electrons. The quantitative estimate of drug-likeness (QED) is 0.186. The van der Waals surface area contributed by atoms with Crippen LogP contribution in [0.25, 0.3) is 22.0 Å². The molecule has 39 heavy (non-hydrogen) atoms. The molecule has 2 aromatic carbocycles. The van der Waals surface area contributed by atoms with E-state index >= 15 is 0 Å². The van der Waals surface area contributed by atoms with Crippen LogP contribution in [0.1, 0.15) is 39.0 Å².